The smallest absolute Gasteiger partial charge is 0.255 e. The maximum Gasteiger partial charge on any atom is 0.255 e. The highest BCUT2D eigenvalue weighted by Crippen LogP contribution is 2.25. The normalized spacial score (nSPS) is 16.7. The largest absolute Gasteiger partial charge is 0.494 e. The van der Waals surface area contributed by atoms with Crippen LogP contribution in [0.15, 0.2) is 18.2 Å². The van der Waals surface area contributed by atoms with Crippen molar-refractivity contribution in [3.8, 4) is 5.75 Å². The summed E-state index contributed by atoms with van der Waals surface area (Å²) in [6.45, 7) is 5.75. The fourth-order valence-electron chi connectivity index (χ4n) is 2.46. The molecule has 6 heteroatoms. The van der Waals surface area contributed by atoms with Crippen molar-refractivity contribution in [3.05, 3.63) is 23.8 Å². The Morgan fingerprint density at radius 1 is 1.33 bits per heavy atom. The predicted octanol–water partition coefficient (Wildman–Crippen LogP) is 0.255. The molecule has 0 saturated carbocycles. The molecular formula is C15H24N4O2. The van der Waals surface area contributed by atoms with Crippen LogP contribution < -0.4 is 15.8 Å². The molecule has 1 amide bonds. The second kappa shape index (κ2) is 7.28. The highest BCUT2D eigenvalue weighted by atomic mass is 16.5. The minimum atomic E-state index is -0.145. The van der Waals surface area contributed by atoms with Gasteiger partial charge in [0.05, 0.1) is 18.4 Å². The molecule has 0 unspecified atom stereocenters. The maximum absolute atomic E-state index is 12.2. The van der Waals surface area contributed by atoms with E-state index in [9.17, 15) is 4.79 Å². The summed E-state index contributed by atoms with van der Waals surface area (Å²) >= 11 is 0. The lowest BCUT2D eigenvalue weighted by molar-refractivity contribution is 0.0938. The molecule has 1 aromatic carbocycles. The van der Waals surface area contributed by atoms with E-state index in [1.54, 1.807) is 18.2 Å². The fraction of sp³-hybridized carbons (Fsp3) is 0.533. The van der Waals surface area contributed by atoms with Crippen LogP contribution in [0.2, 0.25) is 0 Å². The minimum absolute atomic E-state index is 0.145. The van der Waals surface area contributed by atoms with E-state index in [4.69, 9.17) is 10.5 Å². The van der Waals surface area contributed by atoms with Gasteiger partial charge in [-0.3, -0.25) is 9.69 Å². The van der Waals surface area contributed by atoms with Gasteiger partial charge in [0.1, 0.15) is 0 Å². The molecule has 1 fully saturated rings. The number of anilines is 1. The summed E-state index contributed by atoms with van der Waals surface area (Å²) in [5.74, 6) is 0.294. The van der Waals surface area contributed by atoms with Crippen LogP contribution in [-0.4, -0.2) is 69.1 Å². The van der Waals surface area contributed by atoms with Gasteiger partial charge in [-0.15, -0.1) is 0 Å². The zero-order valence-corrected chi connectivity index (χ0v) is 12.8. The lowest BCUT2D eigenvalue weighted by Crippen LogP contribution is -2.46. The monoisotopic (exact) mass is 292 g/mol. The van der Waals surface area contributed by atoms with Crippen LogP contribution in [0.25, 0.3) is 0 Å². The number of hydrogen-bond acceptors (Lipinski definition) is 5. The summed E-state index contributed by atoms with van der Waals surface area (Å²) < 4.78 is 5.20. The van der Waals surface area contributed by atoms with E-state index >= 15 is 0 Å². The molecule has 0 spiro atoms. The van der Waals surface area contributed by atoms with E-state index in [2.05, 4.69) is 22.2 Å². The van der Waals surface area contributed by atoms with Crippen LogP contribution in [0.1, 0.15) is 10.4 Å². The number of amides is 1. The third-order valence-corrected chi connectivity index (χ3v) is 3.80. The van der Waals surface area contributed by atoms with Crippen molar-refractivity contribution in [2.75, 3.05) is 59.2 Å². The number of methoxy groups -OCH3 is 1. The van der Waals surface area contributed by atoms with Gasteiger partial charge < -0.3 is 20.7 Å². The number of ether oxygens (including phenoxy) is 1. The SMILES string of the molecule is COc1c(N)cccc1C(=O)NCCN1CCN(C)CC1. The first-order valence-corrected chi connectivity index (χ1v) is 7.23. The zero-order chi connectivity index (χ0) is 15.2. The number of piperazine rings is 1. The molecule has 0 atom stereocenters. The Bertz CT molecular complexity index is 485. The van der Waals surface area contributed by atoms with Crippen molar-refractivity contribution >= 4 is 11.6 Å². The number of nitrogens with one attached hydrogen (secondary N) is 1. The highest BCUT2D eigenvalue weighted by molar-refractivity contribution is 5.98. The quantitative estimate of drug-likeness (QED) is 0.762. The molecule has 1 saturated heterocycles. The molecule has 1 heterocycles. The molecule has 3 N–H and O–H groups in total. The molecule has 6 nitrogen and oxygen atoms in total. The first-order valence-electron chi connectivity index (χ1n) is 7.23. The summed E-state index contributed by atoms with van der Waals surface area (Å²) in [7, 11) is 3.65. The average Bonchev–Trinajstić information content (AvgIpc) is 2.49. The van der Waals surface area contributed by atoms with Gasteiger partial charge in [0, 0.05) is 39.3 Å². The van der Waals surface area contributed by atoms with Crippen molar-refractivity contribution < 1.29 is 9.53 Å². The number of carbonyl (C=O) groups is 1. The van der Waals surface area contributed by atoms with E-state index in [-0.39, 0.29) is 5.91 Å². The predicted molar refractivity (Wildman–Crippen MR) is 83.7 cm³/mol. The zero-order valence-electron chi connectivity index (χ0n) is 12.8. The summed E-state index contributed by atoms with van der Waals surface area (Å²) in [5, 5.41) is 2.93. The van der Waals surface area contributed by atoms with E-state index in [0.717, 1.165) is 32.7 Å². The number of benzene rings is 1. The number of nitrogen functional groups attached to an aromatic ring is 1. The lowest BCUT2D eigenvalue weighted by atomic mass is 10.1. The molecule has 1 aliphatic rings. The van der Waals surface area contributed by atoms with Crippen molar-refractivity contribution in [2.24, 2.45) is 0 Å². The second-order valence-corrected chi connectivity index (χ2v) is 5.33. The maximum atomic E-state index is 12.2. The van der Waals surface area contributed by atoms with Crippen LogP contribution in [-0.2, 0) is 0 Å². The third kappa shape index (κ3) is 4.09. The molecule has 0 bridgehead atoms. The van der Waals surface area contributed by atoms with Gasteiger partial charge in [0.15, 0.2) is 5.75 Å². The number of carbonyl (C=O) groups excluding carboxylic acids is 1. The van der Waals surface area contributed by atoms with Crippen molar-refractivity contribution in [2.45, 2.75) is 0 Å². The van der Waals surface area contributed by atoms with Crippen LogP contribution >= 0.6 is 0 Å². The molecule has 1 aromatic rings. The number of nitrogens with two attached hydrogens (primary N) is 1. The van der Waals surface area contributed by atoms with Gasteiger partial charge in [-0.25, -0.2) is 0 Å². The molecule has 1 aliphatic heterocycles. The first kappa shape index (κ1) is 15.6. The first-order chi connectivity index (χ1) is 10.1. The Balaban J connectivity index is 1.84. The Labute approximate surface area is 125 Å². The van der Waals surface area contributed by atoms with Gasteiger partial charge in [-0.2, -0.15) is 0 Å². The van der Waals surface area contributed by atoms with E-state index < -0.39 is 0 Å². The van der Waals surface area contributed by atoms with Crippen molar-refractivity contribution in [1.82, 2.24) is 15.1 Å². The molecular weight excluding hydrogens is 268 g/mol. The van der Waals surface area contributed by atoms with E-state index in [1.807, 2.05) is 0 Å². The Morgan fingerprint density at radius 2 is 2.05 bits per heavy atom. The van der Waals surface area contributed by atoms with Crippen LogP contribution in [0, 0.1) is 0 Å². The molecule has 0 radical (unpaired) electrons. The van der Waals surface area contributed by atoms with Gasteiger partial charge >= 0.3 is 0 Å². The Morgan fingerprint density at radius 3 is 2.71 bits per heavy atom. The fourth-order valence-corrected chi connectivity index (χ4v) is 2.46. The van der Waals surface area contributed by atoms with Crippen LogP contribution in [0.4, 0.5) is 5.69 Å². The second-order valence-electron chi connectivity index (χ2n) is 5.33. The molecule has 0 aliphatic carbocycles. The number of para-hydroxylation sites is 1. The number of likely N-dealkylation sites (N-methyl/N-ethyl adjacent to an activating group) is 1. The Hall–Kier alpha value is -1.79. The number of rotatable bonds is 5. The third-order valence-electron chi connectivity index (χ3n) is 3.80. The number of hydrogen-bond donors (Lipinski definition) is 2. The topological polar surface area (TPSA) is 70.8 Å². The number of nitrogens with zero attached hydrogens (tertiary/aromatic N) is 2. The molecule has 21 heavy (non-hydrogen) atoms. The summed E-state index contributed by atoms with van der Waals surface area (Å²) in [6, 6.07) is 5.20. The standard InChI is InChI=1S/C15H24N4O2/c1-18-8-10-19(11-9-18)7-6-17-15(20)12-4-3-5-13(16)14(12)21-2/h3-5H,6-11,16H2,1-2H3,(H,17,20). The minimum Gasteiger partial charge on any atom is -0.494 e. The summed E-state index contributed by atoms with van der Waals surface area (Å²) in [5.41, 5.74) is 6.77. The highest BCUT2D eigenvalue weighted by Gasteiger charge is 2.16. The summed E-state index contributed by atoms with van der Waals surface area (Å²) in [6.07, 6.45) is 0. The van der Waals surface area contributed by atoms with Crippen LogP contribution in [0.5, 0.6) is 5.75 Å². The van der Waals surface area contributed by atoms with Crippen molar-refractivity contribution in [1.29, 1.82) is 0 Å². The van der Waals surface area contributed by atoms with Crippen LogP contribution in [0.3, 0.4) is 0 Å². The lowest BCUT2D eigenvalue weighted by Gasteiger charge is -2.32. The Kier molecular flexibility index (Phi) is 5.41. The van der Waals surface area contributed by atoms with Crippen molar-refractivity contribution in [3.63, 3.8) is 0 Å². The summed E-state index contributed by atoms with van der Waals surface area (Å²) in [4.78, 5) is 16.9. The van der Waals surface area contributed by atoms with Gasteiger partial charge in [-0.05, 0) is 19.2 Å². The average molecular weight is 292 g/mol. The van der Waals surface area contributed by atoms with Gasteiger partial charge in [-0.1, -0.05) is 6.07 Å². The van der Waals surface area contributed by atoms with E-state index in [0.29, 0.717) is 23.5 Å². The van der Waals surface area contributed by atoms with Gasteiger partial charge in [0.2, 0.25) is 0 Å². The molecule has 116 valence electrons. The molecule has 0 aromatic heterocycles. The molecule has 2 rings (SSSR count). The van der Waals surface area contributed by atoms with Gasteiger partial charge in [0.25, 0.3) is 5.91 Å². The van der Waals surface area contributed by atoms with E-state index in [1.165, 1.54) is 7.11 Å².